The Morgan fingerprint density at radius 2 is 2.08 bits per heavy atom. The van der Waals surface area contributed by atoms with Crippen LogP contribution in [-0.4, -0.2) is 42.7 Å². The maximum Gasteiger partial charge on any atom is 0.479 e. The Labute approximate surface area is 69.4 Å². The molecule has 12 heavy (non-hydrogen) atoms. The van der Waals surface area contributed by atoms with Gasteiger partial charge in [-0.25, -0.2) is 0 Å². The lowest BCUT2D eigenvalue weighted by Crippen LogP contribution is -2.28. The molecule has 2 nitrogen and oxygen atoms in total. The van der Waals surface area contributed by atoms with Gasteiger partial charge in [-0.2, -0.15) is 0 Å². The Kier molecular flexibility index (Phi) is 3.01. The van der Waals surface area contributed by atoms with Gasteiger partial charge in [0.15, 0.2) is 0 Å². The van der Waals surface area contributed by atoms with E-state index in [1.807, 2.05) is 0 Å². The number of halogens is 3. The van der Waals surface area contributed by atoms with Gasteiger partial charge in [0.2, 0.25) is 0 Å². The minimum Gasteiger partial charge on any atom is -0.449 e. The van der Waals surface area contributed by atoms with Crippen LogP contribution < -0.4 is 0 Å². The van der Waals surface area contributed by atoms with E-state index >= 15 is 0 Å². The van der Waals surface area contributed by atoms with E-state index in [1.54, 1.807) is 4.90 Å². The van der Waals surface area contributed by atoms with E-state index in [1.165, 1.54) is 0 Å². The van der Waals surface area contributed by atoms with Crippen molar-refractivity contribution in [1.29, 1.82) is 0 Å². The molecule has 0 spiro atoms. The first kappa shape index (κ1) is 9.86. The van der Waals surface area contributed by atoms with Crippen molar-refractivity contribution in [1.82, 2.24) is 4.90 Å². The molecule has 0 aromatic rings. The van der Waals surface area contributed by atoms with Crippen LogP contribution in [-0.2, 0) is 0 Å². The van der Waals surface area contributed by atoms with Gasteiger partial charge in [-0.15, -0.1) is 0 Å². The van der Waals surface area contributed by atoms with E-state index in [0.29, 0.717) is 19.5 Å². The van der Waals surface area contributed by atoms with E-state index in [0.717, 1.165) is 0 Å². The summed E-state index contributed by atoms with van der Waals surface area (Å²) < 4.78 is 35.3. The molecule has 1 atom stereocenters. The van der Waals surface area contributed by atoms with Crippen molar-refractivity contribution in [2.45, 2.75) is 18.8 Å². The van der Waals surface area contributed by atoms with Gasteiger partial charge in [0.05, 0.1) is 6.10 Å². The Hall–Kier alpha value is -0.225. The van der Waals surface area contributed by atoms with Crippen molar-refractivity contribution in [3.8, 4) is 0 Å². The maximum absolute atomic E-state index is 11.8. The molecule has 72 valence electrons. The van der Waals surface area contributed by atoms with E-state index in [9.17, 15) is 12.9 Å². The van der Waals surface area contributed by atoms with Gasteiger partial charge in [0.1, 0.15) is 0 Å². The van der Waals surface area contributed by atoms with Gasteiger partial charge in [0, 0.05) is 13.1 Å². The largest absolute Gasteiger partial charge is 0.479 e. The molecule has 0 aromatic heterocycles. The molecule has 0 saturated carbocycles. The maximum atomic E-state index is 11.8. The summed E-state index contributed by atoms with van der Waals surface area (Å²) in [5, 5.41) is 9.01. The van der Waals surface area contributed by atoms with Gasteiger partial charge in [-0.1, -0.05) is 6.32 Å². The van der Waals surface area contributed by atoms with E-state index in [-0.39, 0.29) is 6.54 Å². The number of hydrogen-bond donors (Lipinski definition) is 1. The zero-order chi connectivity index (χ0) is 9.19. The minimum absolute atomic E-state index is 0.0422. The number of aliphatic hydroxyl groups excluding tert-OH is 1. The molecule has 0 radical (unpaired) electrons. The number of hydrogen-bond acceptors (Lipinski definition) is 2. The number of likely N-dealkylation sites (tertiary alicyclic amines) is 1. The molecule has 0 aliphatic carbocycles. The molecule has 0 bridgehead atoms. The predicted octanol–water partition coefficient (Wildman–Crippen LogP) is 0.900. The molecular formula is C6H12BF3NO-. The van der Waals surface area contributed by atoms with Crippen LogP contribution in [0.15, 0.2) is 0 Å². The highest BCUT2D eigenvalue weighted by Crippen LogP contribution is 2.17. The van der Waals surface area contributed by atoms with Gasteiger partial charge in [-0.3, -0.25) is 0 Å². The normalized spacial score (nSPS) is 26.5. The average Bonchev–Trinajstić information content (AvgIpc) is 2.30. The molecular weight excluding hydrogens is 170 g/mol. The Morgan fingerprint density at radius 3 is 2.50 bits per heavy atom. The lowest BCUT2D eigenvalue weighted by molar-refractivity contribution is 0.177. The summed E-state index contributed by atoms with van der Waals surface area (Å²) in [5.74, 6) is 0. The number of nitrogens with zero attached hydrogens (tertiary/aromatic N) is 1. The molecule has 1 heterocycles. The smallest absolute Gasteiger partial charge is 0.449 e. The second-order valence-electron chi connectivity index (χ2n) is 3.24. The average molecular weight is 182 g/mol. The van der Waals surface area contributed by atoms with E-state index in [2.05, 4.69) is 0 Å². The zero-order valence-corrected chi connectivity index (χ0v) is 6.72. The molecule has 1 unspecified atom stereocenters. The van der Waals surface area contributed by atoms with Gasteiger partial charge >= 0.3 is 6.98 Å². The summed E-state index contributed by atoms with van der Waals surface area (Å²) in [6, 6.07) is 0. The SMILES string of the molecule is OC1CCN(CC[B-](F)(F)F)C1. The molecule has 1 rings (SSSR count). The topological polar surface area (TPSA) is 23.5 Å². The molecule has 1 fully saturated rings. The van der Waals surface area contributed by atoms with Crippen LogP contribution >= 0.6 is 0 Å². The highest BCUT2D eigenvalue weighted by Gasteiger charge is 2.26. The summed E-state index contributed by atoms with van der Waals surface area (Å²) in [4.78, 5) is 1.65. The minimum atomic E-state index is -4.66. The van der Waals surface area contributed by atoms with Crippen LogP contribution in [0.1, 0.15) is 6.42 Å². The molecule has 1 aliphatic heterocycles. The standard InChI is InChI=1S/C6H12BF3NO/c8-7(9,10)2-4-11-3-1-6(12)5-11/h6,12H,1-5H2/q-1. The van der Waals surface area contributed by atoms with E-state index in [4.69, 9.17) is 5.11 Å². The van der Waals surface area contributed by atoms with Gasteiger partial charge in [-0.05, 0) is 13.0 Å². The van der Waals surface area contributed by atoms with Crippen LogP contribution in [0.2, 0.25) is 6.32 Å². The fourth-order valence-electron chi connectivity index (χ4n) is 1.34. The first-order chi connectivity index (χ1) is 5.47. The second kappa shape index (κ2) is 3.66. The Morgan fingerprint density at radius 1 is 1.42 bits per heavy atom. The molecule has 1 aliphatic rings. The first-order valence-electron chi connectivity index (χ1n) is 4.09. The molecule has 1 N–H and O–H groups in total. The third-order valence-corrected chi connectivity index (χ3v) is 2.02. The van der Waals surface area contributed by atoms with Crippen molar-refractivity contribution >= 4 is 6.98 Å². The van der Waals surface area contributed by atoms with Crippen LogP contribution in [0.4, 0.5) is 12.9 Å². The number of rotatable bonds is 3. The molecule has 0 amide bonds. The third kappa shape index (κ3) is 3.45. The van der Waals surface area contributed by atoms with Crippen molar-refractivity contribution < 1.29 is 18.1 Å². The van der Waals surface area contributed by atoms with Crippen molar-refractivity contribution in [3.63, 3.8) is 0 Å². The molecule has 1 saturated heterocycles. The van der Waals surface area contributed by atoms with Crippen LogP contribution in [0, 0.1) is 0 Å². The fraction of sp³-hybridized carbons (Fsp3) is 1.00. The predicted molar refractivity (Wildman–Crippen MR) is 40.9 cm³/mol. The van der Waals surface area contributed by atoms with Crippen LogP contribution in [0.5, 0.6) is 0 Å². The first-order valence-corrected chi connectivity index (χ1v) is 4.09. The van der Waals surface area contributed by atoms with Crippen LogP contribution in [0.25, 0.3) is 0 Å². The number of aliphatic hydroxyl groups is 1. The van der Waals surface area contributed by atoms with E-state index < -0.39 is 19.4 Å². The summed E-state index contributed by atoms with van der Waals surface area (Å²) in [5.41, 5.74) is 0. The van der Waals surface area contributed by atoms with Crippen molar-refractivity contribution in [3.05, 3.63) is 0 Å². The van der Waals surface area contributed by atoms with Gasteiger partial charge < -0.3 is 23.0 Å². The summed E-state index contributed by atoms with van der Waals surface area (Å²) in [6.45, 7) is -3.63. The quantitative estimate of drug-likeness (QED) is 0.655. The number of β-amino-alcohol motifs (C(OH)–C–C–N with tert-alkyl or cyclic N) is 1. The highest BCUT2D eigenvalue weighted by molar-refractivity contribution is 6.58. The lowest BCUT2D eigenvalue weighted by Gasteiger charge is -2.19. The second-order valence-corrected chi connectivity index (χ2v) is 3.24. The summed E-state index contributed by atoms with van der Waals surface area (Å²) in [6.07, 6.45) is -0.539. The molecule has 0 aromatic carbocycles. The fourth-order valence-corrected chi connectivity index (χ4v) is 1.34. The van der Waals surface area contributed by atoms with Gasteiger partial charge in [0.25, 0.3) is 0 Å². The zero-order valence-electron chi connectivity index (χ0n) is 6.72. The van der Waals surface area contributed by atoms with Crippen molar-refractivity contribution in [2.24, 2.45) is 0 Å². The highest BCUT2D eigenvalue weighted by atomic mass is 19.4. The lowest BCUT2D eigenvalue weighted by atomic mass is 9.86. The van der Waals surface area contributed by atoms with Crippen molar-refractivity contribution in [2.75, 3.05) is 19.6 Å². The summed E-state index contributed by atoms with van der Waals surface area (Å²) >= 11 is 0. The van der Waals surface area contributed by atoms with Crippen LogP contribution in [0.3, 0.4) is 0 Å². The Balaban J connectivity index is 2.16. The monoisotopic (exact) mass is 182 g/mol. The summed E-state index contributed by atoms with van der Waals surface area (Å²) in [7, 11) is 0. The third-order valence-electron chi connectivity index (χ3n) is 2.02. The Bertz CT molecular complexity index is 152. The molecule has 6 heteroatoms.